The number of nitrogens with two attached hydrogens (primary N) is 1. The molecule has 1 aliphatic heterocycles. The molecule has 5 heteroatoms. The van der Waals surface area contributed by atoms with Crippen LogP contribution in [0.15, 0.2) is 41.6 Å². The molecule has 2 rings (SSSR count). The van der Waals surface area contributed by atoms with Crippen molar-refractivity contribution in [3.05, 3.63) is 42.2 Å². The smallest absolute Gasteiger partial charge is 0.282 e. The Hall–Kier alpha value is -2.48. The summed E-state index contributed by atoms with van der Waals surface area (Å²) in [4.78, 5) is 4.08. The number of hydrogen-bond donors (Lipinski definition) is 1. The highest BCUT2D eigenvalue weighted by atomic mass is 16.5. The molecule has 0 aliphatic carbocycles. The molecule has 0 saturated heterocycles. The summed E-state index contributed by atoms with van der Waals surface area (Å²) in [6, 6.07) is 9.12. The molecule has 18 heavy (non-hydrogen) atoms. The van der Waals surface area contributed by atoms with Crippen molar-refractivity contribution in [1.82, 2.24) is 0 Å². The summed E-state index contributed by atoms with van der Waals surface area (Å²) in [7, 11) is 0. The van der Waals surface area contributed by atoms with Crippen LogP contribution < -0.4 is 10.5 Å². The zero-order chi connectivity index (χ0) is 13.0. The fraction of sp³-hybridized carbons (Fsp3) is 0.231. The van der Waals surface area contributed by atoms with Crippen LogP contribution in [0.2, 0.25) is 0 Å². The number of nitriles is 1. The number of hydrogen-bond acceptors (Lipinski definition) is 5. The average molecular weight is 243 g/mol. The Bertz CT molecular complexity index is 531. The Kier molecular flexibility index (Phi) is 3.49. The fourth-order valence-electron chi connectivity index (χ4n) is 1.64. The number of benzene rings is 1. The molecule has 0 spiro atoms. The van der Waals surface area contributed by atoms with Crippen molar-refractivity contribution in [1.29, 1.82) is 5.26 Å². The first-order valence-electron chi connectivity index (χ1n) is 5.49. The molecule has 0 radical (unpaired) electrons. The van der Waals surface area contributed by atoms with Gasteiger partial charge in [0, 0.05) is 6.42 Å². The molecular formula is C13H13N3O2. The van der Waals surface area contributed by atoms with Gasteiger partial charge in [0.1, 0.15) is 12.4 Å². The molecule has 0 amide bonds. The van der Waals surface area contributed by atoms with Gasteiger partial charge in [0.05, 0.1) is 23.4 Å². The molecule has 2 N–H and O–H groups in total. The highest BCUT2D eigenvalue weighted by Crippen LogP contribution is 2.19. The molecule has 1 atom stereocenters. The molecule has 1 heterocycles. The van der Waals surface area contributed by atoms with E-state index in [1.807, 2.05) is 0 Å². The summed E-state index contributed by atoms with van der Waals surface area (Å²) in [5.74, 6) is 1.16. The second kappa shape index (κ2) is 5.23. The fourth-order valence-corrected chi connectivity index (χ4v) is 1.64. The van der Waals surface area contributed by atoms with Crippen LogP contribution in [0.5, 0.6) is 5.75 Å². The Morgan fingerprint density at radius 3 is 3.17 bits per heavy atom. The van der Waals surface area contributed by atoms with Crippen LogP contribution in [0.3, 0.4) is 0 Å². The predicted molar refractivity (Wildman–Crippen MR) is 66.9 cm³/mol. The summed E-state index contributed by atoms with van der Waals surface area (Å²) in [6.45, 7) is 4.27. The minimum Gasteiger partial charge on any atom is -0.463 e. The van der Waals surface area contributed by atoms with E-state index in [4.69, 9.17) is 20.5 Å². The largest absolute Gasteiger partial charge is 0.463 e. The SMILES string of the molecule is C=C(C[C@H]1COC(N)=N1)Oc1cccc(C#N)c1. The third-order valence-electron chi connectivity index (χ3n) is 2.42. The molecule has 0 aromatic heterocycles. The van der Waals surface area contributed by atoms with E-state index in [1.54, 1.807) is 24.3 Å². The van der Waals surface area contributed by atoms with Gasteiger partial charge < -0.3 is 15.2 Å². The van der Waals surface area contributed by atoms with Gasteiger partial charge in [-0.05, 0) is 18.2 Å². The van der Waals surface area contributed by atoms with Crippen molar-refractivity contribution in [2.75, 3.05) is 6.61 Å². The molecule has 92 valence electrons. The first-order chi connectivity index (χ1) is 8.67. The summed E-state index contributed by atoms with van der Waals surface area (Å²) < 4.78 is 10.6. The lowest BCUT2D eigenvalue weighted by Gasteiger charge is -2.10. The monoisotopic (exact) mass is 243 g/mol. The number of rotatable bonds is 4. The minimum absolute atomic E-state index is 0.0448. The van der Waals surface area contributed by atoms with E-state index in [1.165, 1.54) is 0 Å². The van der Waals surface area contributed by atoms with E-state index in [9.17, 15) is 0 Å². The van der Waals surface area contributed by atoms with E-state index < -0.39 is 0 Å². The molecule has 0 bridgehead atoms. The van der Waals surface area contributed by atoms with Crippen molar-refractivity contribution in [3.8, 4) is 11.8 Å². The van der Waals surface area contributed by atoms with E-state index in [0.717, 1.165) is 0 Å². The van der Waals surface area contributed by atoms with E-state index >= 15 is 0 Å². The number of amidine groups is 1. The quantitative estimate of drug-likeness (QED) is 0.813. The van der Waals surface area contributed by atoms with Crippen molar-refractivity contribution in [3.63, 3.8) is 0 Å². The lowest BCUT2D eigenvalue weighted by molar-refractivity contribution is 0.299. The second-order valence-electron chi connectivity index (χ2n) is 3.92. The predicted octanol–water partition coefficient (Wildman–Crippen LogP) is 1.55. The van der Waals surface area contributed by atoms with Crippen molar-refractivity contribution < 1.29 is 9.47 Å². The van der Waals surface area contributed by atoms with Crippen LogP contribution in [0.25, 0.3) is 0 Å². The van der Waals surface area contributed by atoms with Gasteiger partial charge in [-0.25, -0.2) is 4.99 Å². The summed E-state index contributed by atoms with van der Waals surface area (Å²) >= 11 is 0. The highest BCUT2D eigenvalue weighted by molar-refractivity contribution is 5.73. The van der Waals surface area contributed by atoms with Gasteiger partial charge in [0.25, 0.3) is 6.02 Å². The van der Waals surface area contributed by atoms with Gasteiger partial charge in [-0.3, -0.25) is 0 Å². The minimum atomic E-state index is -0.0448. The maximum Gasteiger partial charge on any atom is 0.282 e. The van der Waals surface area contributed by atoms with Gasteiger partial charge in [-0.15, -0.1) is 0 Å². The molecule has 0 fully saturated rings. The topological polar surface area (TPSA) is 80.6 Å². The average Bonchev–Trinajstić information content (AvgIpc) is 2.74. The molecule has 1 aromatic carbocycles. The van der Waals surface area contributed by atoms with Crippen LogP contribution in [0.1, 0.15) is 12.0 Å². The normalized spacial score (nSPS) is 17.5. The first kappa shape index (κ1) is 12.0. The number of nitrogens with zero attached hydrogens (tertiary/aromatic N) is 2. The Labute approximate surface area is 105 Å². The standard InChI is InChI=1S/C13H13N3O2/c1-9(5-11-8-17-13(15)16-11)18-12-4-2-3-10(6-12)7-14/h2-4,6,11H,1,5,8H2,(H2,15,16)/t11-/m0/s1. The summed E-state index contributed by atoms with van der Waals surface area (Å²) in [5, 5.41) is 8.78. The lowest BCUT2D eigenvalue weighted by Crippen LogP contribution is -2.11. The van der Waals surface area contributed by atoms with Crippen molar-refractivity contribution in [2.24, 2.45) is 10.7 Å². The zero-order valence-electron chi connectivity index (χ0n) is 9.80. The first-order valence-corrected chi connectivity index (χ1v) is 5.49. The molecule has 5 nitrogen and oxygen atoms in total. The Morgan fingerprint density at radius 2 is 2.50 bits per heavy atom. The molecule has 1 aromatic rings. The molecule has 0 saturated carbocycles. The van der Waals surface area contributed by atoms with Crippen LogP contribution >= 0.6 is 0 Å². The van der Waals surface area contributed by atoms with Crippen LogP contribution in [0, 0.1) is 11.3 Å². The Balaban J connectivity index is 1.93. The van der Waals surface area contributed by atoms with Gasteiger partial charge in [-0.2, -0.15) is 5.26 Å². The molecular weight excluding hydrogens is 230 g/mol. The van der Waals surface area contributed by atoms with Gasteiger partial charge in [0.2, 0.25) is 0 Å². The number of aliphatic imine (C=N–C) groups is 1. The third kappa shape index (κ3) is 3.01. The van der Waals surface area contributed by atoms with E-state index in [0.29, 0.717) is 30.1 Å². The van der Waals surface area contributed by atoms with Crippen LogP contribution in [-0.2, 0) is 4.74 Å². The lowest BCUT2D eigenvalue weighted by atomic mass is 10.2. The van der Waals surface area contributed by atoms with E-state index in [-0.39, 0.29) is 12.1 Å². The zero-order valence-corrected chi connectivity index (χ0v) is 9.80. The number of ether oxygens (including phenoxy) is 2. The second-order valence-corrected chi connectivity index (χ2v) is 3.92. The Morgan fingerprint density at radius 1 is 1.67 bits per heavy atom. The van der Waals surface area contributed by atoms with Gasteiger partial charge in [-0.1, -0.05) is 12.6 Å². The maximum atomic E-state index is 8.78. The summed E-state index contributed by atoms with van der Waals surface area (Å²) in [6.07, 6.45) is 0.539. The van der Waals surface area contributed by atoms with E-state index in [2.05, 4.69) is 17.6 Å². The van der Waals surface area contributed by atoms with Crippen LogP contribution in [0.4, 0.5) is 0 Å². The third-order valence-corrected chi connectivity index (χ3v) is 2.42. The molecule has 1 aliphatic rings. The van der Waals surface area contributed by atoms with Crippen molar-refractivity contribution in [2.45, 2.75) is 12.5 Å². The molecule has 0 unspecified atom stereocenters. The maximum absolute atomic E-state index is 8.78. The van der Waals surface area contributed by atoms with Crippen LogP contribution in [-0.4, -0.2) is 18.7 Å². The van der Waals surface area contributed by atoms with Gasteiger partial charge in [0.15, 0.2) is 0 Å². The summed E-state index contributed by atoms with van der Waals surface area (Å²) in [5.41, 5.74) is 5.96. The van der Waals surface area contributed by atoms with Gasteiger partial charge >= 0.3 is 0 Å². The highest BCUT2D eigenvalue weighted by Gasteiger charge is 2.18. The van der Waals surface area contributed by atoms with Crippen molar-refractivity contribution >= 4 is 6.02 Å².